The van der Waals surface area contributed by atoms with Crippen molar-refractivity contribution in [1.29, 1.82) is 0 Å². The van der Waals surface area contributed by atoms with Gasteiger partial charge in [-0.1, -0.05) is 6.08 Å². The Kier molecular flexibility index (Phi) is 5.12. The Bertz CT molecular complexity index is 638. The summed E-state index contributed by atoms with van der Waals surface area (Å²) in [6, 6.07) is 1.59. The number of aryl methyl sites for hydroxylation is 1. The van der Waals surface area contributed by atoms with Crippen molar-refractivity contribution in [3.63, 3.8) is 0 Å². The van der Waals surface area contributed by atoms with E-state index < -0.39 is 18.1 Å². The summed E-state index contributed by atoms with van der Waals surface area (Å²) in [5.74, 6) is -1.39. The smallest absolute Gasteiger partial charge is 0.314 e. The van der Waals surface area contributed by atoms with Crippen molar-refractivity contribution in [2.45, 2.75) is 32.6 Å². The molecule has 4 N–H and O–H groups in total. The summed E-state index contributed by atoms with van der Waals surface area (Å²) >= 11 is 0. The van der Waals surface area contributed by atoms with E-state index in [2.05, 4.69) is 32.9 Å². The van der Waals surface area contributed by atoms with Gasteiger partial charge in [-0.05, 0) is 13.8 Å². The van der Waals surface area contributed by atoms with Crippen LogP contribution in [0.15, 0.2) is 18.7 Å². The molecule has 124 valence electrons. The highest BCUT2D eigenvalue weighted by molar-refractivity contribution is 6.39. The lowest BCUT2D eigenvalue weighted by molar-refractivity contribution is -0.136. The zero-order valence-corrected chi connectivity index (χ0v) is 13.0. The Morgan fingerprint density at radius 1 is 1.52 bits per heavy atom. The minimum Gasteiger partial charge on any atom is -0.344 e. The van der Waals surface area contributed by atoms with Crippen LogP contribution in [0.25, 0.3) is 0 Å². The molecule has 1 fully saturated rings. The zero-order chi connectivity index (χ0) is 17.0. The summed E-state index contributed by atoms with van der Waals surface area (Å²) in [4.78, 5) is 35.2. The largest absolute Gasteiger partial charge is 0.344 e. The fraction of sp³-hybridized carbons (Fsp3) is 0.429. The minimum atomic E-state index is -0.816. The van der Waals surface area contributed by atoms with E-state index in [9.17, 15) is 14.4 Å². The average molecular weight is 320 g/mol. The Balaban J connectivity index is 2.14. The molecule has 0 aromatic carbocycles. The lowest BCUT2D eigenvalue weighted by Crippen LogP contribution is -2.52. The number of hydrogen-bond acceptors (Lipinski definition) is 5. The van der Waals surface area contributed by atoms with E-state index in [0.717, 1.165) is 0 Å². The third-order valence-corrected chi connectivity index (χ3v) is 3.19. The molecule has 1 saturated heterocycles. The van der Waals surface area contributed by atoms with E-state index in [1.807, 2.05) is 6.92 Å². The second-order valence-electron chi connectivity index (χ2n) is 5.31. The molecule has 2 heterocycles. The lowest BCUT2D eigenvalue weighted by atomic mass is 10.2. The molecule has 9 nitrogen and oxygen atoms in total. The fourth-order valence-electron chi connectivity index (χ4n) is 2.22. The molecule has 2 unspecified atom stereocenters. The van der Waals surface area contributed by atoms with Crippen molar-refractivity contribution in [3.8, 4) is 0 Å². The summed E-state index contributed by atoms with van der Waals surface area (Å²) in [6.07, 6.45) is 1.25. The Labute approximate surface area is 133 Å². The molecule has 0 radical (unpaired) electrons. The van der Waals surface area contributed by atoms with Gasteiger partial charge >= 0.3 is 11.8 Å². The van der Waals surface area contributed by atoms with Crippen molar-refractivity contribution in [1.82, 2.24) is 25.7 Å². The Morgan fingerprint density at radius 2 is 2.26 bits per heavy atom. The van der Waals surface area contributed by atoms with Crippen molar-refractivity contribution in [2.75, 3.05) is 11.9 Å². The number of carbonyl (C=O) groups is 3. The van der Waals surface area contributed by atoms with Crippen LogP contribution >= 0.6 is 0 Å². The van der Waals surface area contributed by atoms with Crippen LogP contribution in [0.4, 0.5) is 5.82 Å². The number of amides is 3. The van der Waals surface area contributed by atoms with Gasteiger partial charge in [-0.25, -0.2) is 4.68 Å². The number of aromatic nitrogens is 2. The molecule has 3 amide bonds. The van der Waals surface area contributed by atoms with Crippen LogP contribution in [0, 0.1) is 6.92 Å². The predicted octanol–water partition coefficient (Wildman–Crippen LogP) is -0.614. The molecule has 0 bridgehead atoms. The molecule has 1 aromatic rings. The molecule has 0 saturated carbocycles. The van der Waals surface area contributed by atoms with Gasteiger partial charge in [0, 0.05) is 25.1 Å². The van der Waals surface area contributed by atoms with Crippen LogP contribution in [0.2, 0.25) is 0 Å². The summed E-state index contributed by atoms with van der Waals surface area (Å²) in [5, 5.41) is 15.0. The number of carbonyl (C=O) groups excluding carboxylic acids is 3. The standard InChI is InChI=1S/C14H20N6O3/c1-4-5-15-12(22)13(23)17-10-6-9(3)19-20(10)14-16-8(2)7-11(21)18-14/h4,6,8,14,16H,1,5,7H2,2-3H3,(H,15,22)(H,17,23)(H,18,21). The van der Waals surface area contributed by atoms with Gasteiger partial charge < -0.3 is 16.0 Å². The van der Waals surface area contributed by atoms with Gasteiger partial charge in [0.15, 0.2) is 6.29 Å². The van der Waals surface area contributed by atoms with Gasteiger partial charge in [0.05, 0.1) is 5.69 Å². The maximum Gasteiger partial charge on any atom is 0.314 e. The number of anilines is 1. The molecule has 9 heteroatoms. The lowest BCUT2D eigenvalue weighted by Gasteiger charge is -2.30. The van der Waals surface area contributed by atoms with Gasteiger partial charge in [0.1, 0.15) is 5.82 Å². The summed E-state index contributed by atoms with van der Waals surface area (Å²) in [7, 11) is 0. The third-order valence-electron chi connectivity index (χ3n) is 3.19. The molecule has 1 aliphatic heterocycles. The second-order valence-corrected chi connectivity index (χ2v) is 5.31. The summed E-state index contributed by atoms with van der Waals surface area (Å²) < 4.78 is 1.43. The molecule has 23 heavy (non-hydrogen) atoms. The van der Waals surface area contributed by atoms with Crippen LogP contribution in [0.1, 0.15) is 25.3 Å². The van der Waals surface area contributed by atoms with E-state index >= 15 is 0 Å². The van der Waals surface area contributed by atoms with Crippen molar-refractivity contribution in [3.05, 3.63) is 24.4 Å². The van der Waals surface area contributed by atoms with E-state index in [1.54, 1.807) is 13.0 Å². The summed E-state index contributed by atoms with van der Waals surface area (Å²) in [6.45, 7) is 7.28. The molecular formula is C14H20N6O3. The highest BCUT2D eigenvalue weighted by Gasteiger charge is 2.27. The second kappa shape index (κ2) is 7.05. The molecular weight excluding hydrogens is 300 g/mol. The highest BCUT2D eigenvalue weighted by Crippen LogP contribution is 2.17. The zero-order valence-electron chi connectivity index (χ0n) is 13.0. The number of nitrogens with zero attached hydrogens (tertiary/aromatic N) is 2. The molecule has 2 rings (SSSR count). The summed E-state index contributed by atoms with van der Waals surface area (Å²) in [5.41, 5.74) is 0.640. The quantitative estimate of drug-likeness (QED) is 0.436. The van der Waals surface area contributed by atoms with Gasteiger partial charge in [-0.15, -0.1) is 6.58 Å². The average Bonchev–Trinajstić information content (AvgIpc) is 2.84. The maximum atomic E-state index is 11.9. The normalized spacial score (nSPS) is 20.5. The first-order valence-electron chi connectivity index (χ1n) is 7.22. The highest BCUT2D eigenvalue weighted by atomic mass is 16.2. The fourth-order valence-corrected chi connectivity index (χ4v) is 2.22. The first-order chi connectivity index (χ1) is 10.9. The third kappa shape index (κ3) is 4.16. The number of nitrogens with one attached hydrogen (secondary N) is 4. The Morgan fingerprint density at radius 3 is 2.91 bits per heavy atom. The van der Waals surface area contributed by atoms with Crippen molar-refractivity contribution < 1.29 is 14.4 Å². The number of rotatable bonds is 4. The number of hydrogen-bond donors (Lipinski definition) is 4. The topological polar surface area (TPSA) is 117 Å². The van der Waals surface area contributed by atoms with Crippen LogP contribution in [0.3, 0.4) is 0 Å². The van der Waals surface area contributed by atoms with E-state index in [1.165, 1.54) is 10.8 Å². The van der Waals surface area contributed by atoms with E-state index in [0.29, 0.717) is 17.9 Å². The van der Waals surface area contributed by atoms with Gasteiger partial charge in [0.2, 0.25) is 5.91 Å². The van der Waals surface area contributed by atoms with Crippen molar-refractivity contribution in [2.24, 2.45) is 0 Å². The Hall–Kier alpha value is -2.68. The van der Waals surface area contributed by atoms with E-state index in [4.69, 9.17) is 0 Å². The molecule has 0 aliphatic carbocycles. The first-order valence-corrected chi connectivity index (χ1v) is 7.22. The van der Waals surface area contributed by atoms with Gasteiger partial charge in [-0.2, -0.15) is 5.10 Å². The van der Waals surface area contributed by atoms with Crippen LogP contribution in [-0.2, 0) is 14.4 Å². The predicted molar refractivity (Wildman–Crippen MR) is 83.2 cm³/mol. The maximum absolute atomic E-state index is 11.9. The first kappa shape index (κ1) is 16.7. The van der Waals surface area contributed by atoms with Crippen LogP contribution in [0.5, 0.6) is 0 Å². The van der Waals surface area contributed by atoms with Crippen LogP contribution < -0.4 is 21.3 Å². The van der Waals surface area contributed by atoms with Gasteiger partial charge in [0.25, 0.3) is 0 Å². The van der Waals surface area contributed by atoms with Crippen molar-refractivity contribution >= 4 is 23.5 Å². The molecule has 1 aromatic heterocycles. The molecule has 0 spiro atoms. The minimum absolute atomic E-state index is 0.0299. The molecule has 2 atom stereocenters. The molecule has 1 aliphatic rings. The van der Waals surface area contributed by atoms with Gasteiger partial charge in [-0.3, -0.25) is 19.7 Å². The monoisotopic (exact) mass is 320 g/mol. The van der Waals surface area contributed by atoms with E-state index in [-0.39, 0.29) is 18.5 Å². The van der Waals surface area contributed by atoms with Crippen LogP contribution in [-0.4, -0.2) is 40.1 Å². The SMILES string of the molecule is C=CCNC(=O)C(=O)Nc1cc(C)nn1C1NC(=O)CC(C)N1.